The number of ether oxygens (including phenoxy) is 1. The van der Waals surface area contributed by atoms with Crippen LogP contribution in [0.2, 0.25) is 0 Å². The average Bonchev–Trinajstić information content (AvgIpc) is 3.05. The Kier molecular flexibility index (Phi) is 4.86. The highest BCUT2D eigenvalue weighted by molar-refractivity contribution is 5.77. The Balaban J connectivity index is 1.61. The molecule has 2 aromatic heterocycles. The molecule has 0 spiro atoms. The summed E-state index contributed by atoms with van der Waals surface area (Å²) in [5, 5.41) is 12.4. The number of rotatable bonds is 5. The van der Waals surface area contributed by atoms with Crippen molar-refractivity contribution in [3.8, 4) is 11.5 Å². The van der Waals surface area contributed by atoms with Crippen LogP contribution < -0.4 is 0 Å². The van der Waals surface area contributed by atoms with Crippen molar-refractivity contribution in [3.63, 3.8) is 0 Å². The number of hydrogen-bond acceptors (Lipinski definition) is 7. The average molecular weight is 317 g/mol. The smallest absolute Gasteiger partial charge is 0.248 e. The van der Waals surface area contributed by atoms with Crippen LogP contribution >= 0.6 is 0 Å². The lowest BCUT2D eigenvalue weighted by Crippen LogP contribution is -2.42. The van der Waals surface area contributed by atoms with E-state index in [1.807, 2.05) is 4.90 Å². The lowest BCUT2D eigenvalue weighted by Gasteiger charge is -2.32. The van der Waals surface area contributed by atoms with Gasteiger partial charge in [0.2, 0.25) is 11.7 Å². The second-order valence-corrected chi connectivity index (χ2v) is 5.54. The molecular formula is C14H19N7O2. The molecule has 1 saturated heterocycles. The molecule has 1 fully saturated rings. The molecule has 3 rings (SSSR count). The standard InChI is InChI=1S/C14H19N7O2/c1-23-10-13(22)20-6-2-3-11(8-20)9-21-18-14(17-19-21)12-7-15-4-5-16-12/h4-5,7,11H,2-3,6,8-10H2,1H3/t11-/m0/s1. The number of hydrogen-bond donors (Lipinski definition) is 0. The number of nitrogens with zero attached hydrogens (tertiary/aromatic N) is 7. The maximum atomic E-state index is 11.9. The van der Waals surface area contributed by atoms with E-state index in [-0.39, 0.29) is 12.5 Å². The van der Waals surface area contributed by atoms with Gasteiger partial charge in [0.15, 0.2) is 0 Å². The molecule has 1 amide bonds. The van der Waals surface area contributed by atoms with Crippen molar-refractivity contribution in [2.75, 3.05) is 26.8 Å². The molecule has 9 heteroatoms. The van der Waals surface area contributed by atoms with E-state index in [4.69, 9.17) is 4.74 Å². The first-order valence-corrected chi connectivity index (χ1v) is 7.57. The van der Waals surface area contributed by atoms with E-state index in [1.165, 1.54) is 7.11 Å². The Labute approximate surface area is 133 Å². The summed E-state index contributed by atoms with van der Waals surface area (Å²) in [7, 11) is 1.53. The van der Waals surface area contributed by atoms with Gasteiger partial charge >= 0.3 is 0 Å². The lowest BCUT2D eigenvalue weighted by atomic mass is 9.98. The van der Waals surface area contributed by atoms with Crippen molar-refractivity contribution < 1.29 is 9.53 Å². The predicted molar refractivity (Wildman–Crippen MR) is 80.0 cm³/mol. The first kappa shape index (κ1) is 15.5. The van der Waals surface area contributed by atoms with Crippen molar-refractivity contribution in [1.29, 1.82) is 0 Å². The van der Waals surface area contributed by atoms with Crippen molar-refractivity contribution in [2.24, 2.45) is 5.92 Å². The van der Waals surface area contributed by atoms with Crippen molar-refractivity contribution in [1.82, 2.24) is 35.1 Å². The molecule has 0 aliphatic carbocycles. The minimum Gasteiger partial charge on any atom is -0.375 e. The molecule has 0 N–H and O–H groups in total. The van der Waals surface area contributed by atoms with Gasteiger partial charge in [0.05, 0.1) is 12.7 Å². The minimum absolute atomic E-state index is 0.0315. The second-order valence-electron chi connectivity index (χ2n) is 5.54. The Morgan fingerprint density at radius 2 is 2.35 bits per heavy atom. The van der Waals surface area contributed by atoms with Crippen molar-refractivity contribution >= 4 is 5.91 Å². The Hall–Kier alpha value is -2.42. The number of piperidine rings is 1. The summed E-state index contributed by atoms with van der Waals surface area (Å²) in [6, 6.07) is 0. The van der Waals surface area contributed by atoms with Crippen molar-refractivity contribution in [2.45, 2.75) is 19.4 Å². The molecule has 1 atom stereocenters. The largest absolute Gasteiger partial charge is 0.375 e. The third-order valence-corrected chi connectivity index (χ3v) is 3.81. The van der Waals surface area contributed by atoms with Crippen LogP contribution in [0.25, 0.3) is 11.5 Å². The Bertz CT molecular complexity index is 646. The number of likely N-dealkylation sites (tertiary alicyclic amines) is 1. The lowest BCUT2D eigenvalue weighted by molar-refractivity contribution is -0.137. The van der Waals surface area contributed by atoms with E-state index >= 15 is 0 Å². The number of tetrazole rings is 1. The molecule has 122 valence electrons. The van der Waals surface area contributed by atoms with E-state index in [0.29, 0.717) is 30.5 Å². The van der Waals surface area contributed by atoms with E-state index in [9.17, 15) is 4.79 Å². The minimum atomic E-state index is 0.0315. The number of amides is 1. The van der Waals surface area contributed by atoms with Gasteiger partial charge in [0.25, 0.3) is 0 Å². The second kappa shape index (κ2) is 7.23. The quantitative estimate of drug-likeness (QED) is 0.766. The maximum Gasteiger partial charge on any atom is 0.248 e. The SMILES string of the molecule is COCC(=O)N1CCC[C@H](Cn2nnc(-c3cnccn3)n2)C1. The molecule has 1 aliphatic heterocycles. The first-order valence-electron chi connectivity index (χ1n) is 7.57. The summed E-state index contributed by atoms with van der Waals surface area (Å²) in [6.07, 6.45) is 6.82. The van der Waals surface area contributed by atoms with Crippen LogP contribution in [0.3, 0.4) is 0 Å². The molecule has 2 aromatic rings. The van der Waals surface area contributed by atoms with Crippen molar-refractivity contribution in [3.05, 3.63) is 18.6 Å². The molecule has 0 aromatic carbocycles. The van der Waals surface area contributed by atoms with Gasteiger partial charge < -0.3 is 9.64 Å². The number of carbonyl (C=O) groups is 1. The van der Waals surface area contributed by atoms with Gasteiger partial charge in [-0.05, 0) is 24.0 Å². The Morgan fingerprint density at radius 3 is 3.13 bits per heavy atom. The van der Waals surface area contributed by atoms with Gasteiger partial charge in [-0.15, -0.1) is 10.2 Å². The normalized spacial score (nSPS) is 18.1. The number of aromatic nitrogens is 6. The first-order chi connectivity index (χ1) is 11.3. The van der Waals surface area contributed by atoms with E-state index in [0.717, 1.165) is 19.4 Å². The van der Waals surface area contributed by atoms with E-state index in [1.54, 1.807) is 23.4 Å². The highest BCUT2D eigenvalue weighted by atomic mass is 16.5. The molecule has 0 saturated carbocycles. The van der Waals surface area contributed by atoms with Crippen LogP contribution in [-0.4, -0.2) is 67.8 Å². The Morgan fingerprint density at radius 1 is 1.43 bits per heavy atom. The van der Waals surface area contributed by atoms with Gasteiger partial charge in [-0.1, -0.05) is 0 Å². The van der Waals surface area contributed by atoms with Gasteiger partial charge in [0.1, 0.15) is 12.3 Å². The predicted octanol–water partition coefficient (Wildman–Crippen LogP) is 0.0151. The molecule has 0 radical (unpaired) electrons. The van der Waals surface area contributed by atoms with Crippen LogP contribution in [0, 0.1) is 5.92 Å². The fourth-order valence-corrected chi connectivity index (χ4v) is 2.72. The highest BCUT2D eigenvalue weighted by Gasteiger charge is 2.24. The summed E-state index contributed by atoms with van der Waals surface area (Å²) < 4.78 is 4.92. The molecule has 1 aliphatic rings. The zero-order valence-corrected chi connectivity index (χ0v) is 13.0. The summed E-state index contributed by atoms with van der Waals surface area (Å²) in [6.45, 7) is 2.24. The van der Waals surface area contributed by atoms with E-state index < -0.39 is 0 Å². The zero-order valence-electron chi connectivity index (χ0n) is 13.0. The third-order valence-electron chi connectivity index (χ3n) is 3.81. The summed E-state index contributed by atoms with van der Waals surface area (Å²) in [5.74, 6) is 0.804. The van der Waals surface area contributed by atoms with Crippen LogP contribution in [0.15, 0.2) is 18.6 Å². The van der Waals surface area contributed by atoms with Gasteiger partial charge in [-0.25, -0.2) is 4.98 Å². The number of methoxy groups -OCH3 is 1. The molecule has 3 heterocycles. The summed E-state index contributed by atoms with van der Waals surface area (Å²) in [4.78, 5) is 23.5. The van der Waals surface area contributed by atoms with Crippen LogP contribution in [-0.2, 0) is 16.1 Å². The van der Waals surface area contributed by atoms with Gasteiger partial charge in [0, 0.05) is 32.6 Å². The number of carbonyl (C=O) groups excluding carboxylic acids is 1. The fourth-order valence-electron chi connectivity index (χ4n) is 2.72. The van der Waals surface area contributed by atoms with E-state index in [2.05, 4.69) is 25.4 Å². The van der Waals surface area contributed by atoms with Gasteiger partial charge in [-0.2, -0.15) is 4.80 Å². The topological polar surface area (TPSA) is 98.9 Å². The fraction of sp³-hybridized carbons (Fsp3) is 0.571. The molecule has 23 heavy (non-hydrogen) atoms. The highest BCUT2D eigenvalue weighted by Crippen LogP contribution is 2.18. The third kappa shape index (κ3) is 3.86. The summed E-state index contributed by atoms with van der Waals surface area (Å²) in [5.41, 5.74) is 0.597. The zero-order chi connectivity index (χ0) is 16.1. The molecular weight excluding hydrogens is 298 g/mol. The van der Waals surface area contributed by atoms with Crippen LogP contribution in [0.1, 0.15) is 12.8 Å². The molecule has 0 bridgehead atoms. The molecule has 0 unspecified atom stereocenters. The maximum absolute atomic E-state index is 11.9. The van der Waals surface area contributed by atoms with Crippen LogP contribution in [0.4, 0.5) is 0 Å². The van der Waals surface area contributed by atoms with Crippen LogP contribution in [0.5, 0.6) is 0 Å². The van der Waals surface area contributed by atoms with Gasteiger partial charge in [-0.3, -0.25) is 9.78 Å². The monoisotopic (exact) mass is 317 g/mol. The molecule has 9 nitrogen and oxygen atoms in total. The summed E-state index contributed by atoms with van der Waals surface area (Å²) >= 11 is 0.